The second kappa shape index (κ2) is 13.0. The minimum atomic E-state index is -1.47. The average molecular weight is 436 g/mol. The van der Waals surface area contributed by atoms with Crippen molar-refractivity contribution in [2.24, 2.45) is 11.7 Å². The number of aliphatic hydroxyl groups is 1. The fraction of sp³-hybridized carbons (Fsp3) is 0.688. The van der Waals surface area contributed by atoms with E-state index in [1.54, 1.807) is 13.8 Å². The van der Waals surface area contributed by atoms with Crippen LogP contribution in [0.2, 0.25) is 0 Å². The lowest BCUT2D eigenvalue weighted by Gasteiger charge is -2.23. The van der Waals surface area contributed by atoms with Gasteiger partial charge in [0, 0.05) is 5.75 Å². The quantitative estimate of drug-likeness (QED) is 0.141. The molecule has 29 heavy (non-hydrogen) atoms. The number of thiol groups is 1. The molecule has 0 aromatic rings. The highest BCUT2D eigenvalue weighted by molar-refractivity contribution is 7.80. The molecule has 0 rings (SSSR count). The summed E-state index contributed by atoms with van der Waals surface area (Å²) in [4.78, 5) is 58.2. The number of amides is 3. The Balaban J connectivity index is 5.00. The van der Waals surface area contributed by atoms with Crippen LogP contribution in [-0.2, 0) is 24.0 Å². The van der Waals surface area contributed by atoms with Crippen molar-refractivity contribution in [1.82, 2.24) is 16.0 Å². The van der Waals surface area contributed by atoms with Gasteiger partial charge in [0.15, 0.2) is 0 Å². The standard InChI is InChI=1S/C16H28N4O8S/c1-7(2)3-9(16(27)28)18-14(25)10(5-21)19-15(26)11(6-29)20-13(24)8(17)4-12(22)23/h7-11,21,29H,3-6,17H2,1-2H3,(H,18,25)(H,19,26)(H,20,24)(H,22,23)(H,27,28). The van der Waals surface area contributed by atoms with Gasteiger partial charge in [-0.3, -0.25) is 19.2 Å². The molecule has 0 radical (unpaired) electrons. The lowest BCUT2D eigenvalue weighted by molar-refractivity contribution is -0.143. The largest absolute Gasteiger partial charge is 0.481 e. The Morgan fingerprint density at radius 3 is 1.79 bits per heavy atom. The molecule has 0 spiro atoms. The van der Waals surface area contributed by atoms with Crippen molar-refractivity contribution >= 4 is 42.3 Å². The van der Waals surface area contributed by atoms with Gasteiger partial charge < -0.3 is 37.0 Å². The Bertz CT molecular complexity index is 616. The molecule has 0 aliphatic heterocycles. The van der Waals surface area contributed by atoms with Crippen molar-refractivity contribution in [2.75, 3.05) is 12.4 Å². The van der Waals surface area contributed by atoms with Crippen LogP contribution in [0.3, 0.4) is 0 Å². The van der Waals surface area contributed by atoms with Gasteiger partial charge in [0.05, 0.1) is 19.1 Å². The van der Waals surface area contributed by atoms with Crippen LogP contribution >= 0.6 is 12.6 Å². The molecule has 0 bridgehead atoms. The summed E-state index contributed by atoms with van der Waals surface area (Å²) >= 11 is 3.92. The van der Waals surface area contributed by atoms with Gasteiger partial charge in [0.1, 0.15) is 18.1 Å². The van der Waals surface area contributed by atoms with Crippen molar-refractivity contribution in [2.45, 2.75) is 50.9 Å². The smallest absolute Gasteiger partial charge is 0.326 e. The summed E-state index contributed by atoms with van der Waals surface area (Å²) in [6.45, 7) is 2.71. The molecule has 166 valence electrons. The summed E-state index contributed by atoms with van der Waals surface area (Å²) in [5.74, 6) is -5.51. The predicted octanol–water partition coefficient (Wildman–Crippen LogP) is -2.70. The second-order valence-electron chi connectivity index (χ2n) is 6.72. The van der Waals surface area contributed by atoms with Gasteiger partial charge in [-0.05, 0) is 12.3 Å². The molecule has 0 aromatic heterocycles. The van der Waals surface area contributed by atoms with Crippen LogP contribution in [0, 0.1) is 5.92 Å². The first-order valence-electron chi connectivity index (χ1n) is 8.75. The van der Waals surface area contributed by atoms with Crippen LogP contribution in [0.1, 0.15) is 26.7 Å². The minimum absolute atomic E-state index is 0.0302. The number of aliphatic carboxylic acids is 2. The number of carbonyl (C=O) groups excluding carboxylic acids is 3. The van der Waals surface area contributed by atoms with E-state index in [1.165, 1.54) is 0 Å². The van der Waals surface area contributed by atoms with Crippen molar-refractivity contribution in [3.63, 3.8) is 0 Å². The topological polar surface area (TPSA) is 208 Å². The highest BCUT2D eigenvalue weighted by Crippen LogP contribution is 2.05. The number of aliphatic hydroxyl groups excluding tert-OH is 1. The lowest BCUT2D eigenvalue weighted by Crippen LogP contribution is -2.58. The molecular weight excluding hydrogens is 408 g/mol. The first kappa shape index (κ1) is 26.6. The molecule has 0 fully saturated rings. The third kappa shape index (κ3) is 10.1. The molecule has 4 unspecified atom stereocenters. The predicted molar refractivity (Wildman–Crippen MR) is 104 cm³/mol. The SMILES string of the molecule is CC(C)CC(NC(=O)C(CO)NC(=O)C(CS)NC(=O)C(N)CC(=O)O)C(=O)O. The number of hydrogen-bond donors (Lipinski definition) is 8. The Morgan fingerprint density at radius 2 is 1.38 bits per heavy atom. The zero-order valence-electron chi connectivity index (χ0n) is 16.1. The second-order valence-corrected chi connectivity index (χ2v) is 7.09. The molecule has 3 amide bonds. The first-order chi connectivity index (χ1) is 13.4. The number of nitrogens with two attached hydrogens (primary N) is 1. The summed E-state index contributed by atoms with van der Waals surface area (Å²) in [6, 6.07) is -5.34. The zero-order valence-corrected chi connectivity index (χ0v) is 17.0. The third-order valence-electron chi connectivity index (χ3n) is 3.68. The average Bonchev–Trinajstić information content (AvgIpc) is 2.61. The lowest BCUT2D eigenvalue weighted by atomic mass is 10.0. The van der Waals surface area contributed by atoms with E-state index in [0.29, 0.717) is 0 Å². The van der Waals surface area contributed by atoms with Gasteiger partial charge in [0.2, 0.25) is 17.7 Å². The summed E-state index contributed by atoms with van der Waals surface area (Å²) in [5, 5.41) is 33.8. The Labute approximate surface area is 173 Å². The highest BCUT2D eigenvalue weighted by atomic mass is 32.1. The van der Waals surface area contributed by atoms with Crippen LogP contribution in [0.5, 0.6) is 0 Å². The number of hydrogen-bond acceptors (Lipinski definition) is 8. The van der Waals surface area contributed by atoms with Gasteiger partial charge >= 0.3 is 11.9 Å². The van der Waals surface area contributed by atoms with Crippen LogP contribution in [0.15, 0.2) is 0 Å². The molecule has 4 atom stereocenters. The molecular formula is C16H28N4O8S. The van der Waals surface area contributed by atoms with E-state index in [4.69, 9.17) is 10.8 Å². The van der Waals surface area contributed by atoms with E-state index >= 15 is 0 Å². The van der Waals surface area contributed by atoms with E-state index in [9.17, 15) is 34.2 Å². The molecule has 0 aromatic carbocycles. The van der Waals surface area contributed by atoms with Crippen molar-refractivity contribution in [3.05, 3.63) is 0 Å². The highest BCUT2D eigenvalue weighted by Gasteiger charge is 2.30. The molecule has 12 nitrogen and oxygen atoms in total. The van der Waals surface area contributed by atoms with E-state index in [0.717, 1.165) is 0 Å². The van der Waals surface area contributed by atoms with E-state index in [1.807, 2.05) is 0 Å². The fourth-order valence-corrected chi connectivity index (χ4v) is 2.44. The monoisotopic (exact) mass is 436 g/mol. The molecule has 0 saturated heterocycles. The Morgan fingerprint density at radius 1 is 0.897 bits per heavy atom. The third-order valence-corrected chi connectivity index (χ3v) is 4.05. The number of carboxylic acid groups (broad SMARTS) is 2. The van der Waals surface area contributed by atoms with E-state index in [2.05, 4.69) is 28.6 Å². The van der Waals surface area contributed by atoms with Gasteiger partial charge in [0.25, 0.3) is 0 Å². The number of carbonyl (C=O) groups is 5. The van der Waals surface area contributed by atoms with Gasteiger partial charge in [-0.15, -0.1) is 0 Å². The van der Waals surface area contributed by atoms with Crippen molar-refractivity contribution in [3.8, 4) is 0 Å². The molecule has 13 heteroatoms. The van der Waals surface area contributed by atoms with Crippen LogP contribution in [-0.4, -0.2) is 81.5 Å². The number of nitrogens with one attached hydrogen (secondary N) is 3. The maximum absolute atomic E-state index is 12.3. The summed E-state index contributed by atoms with van der Waals surface area (Å²) in [6.07, 6.45) is -0.509. The summed E-state index contributed by atoms with van der Waals surface area (Å²) in [5.41, 5.74) is 5.41. The molecule has 0 aliphatic carbocycles. The number of rotatable bonds is 13. The minimum Gasteiger partial charge on any atom is -0.481 e. The van der Waals surface area contributed by atoms with Crippen molar-refractivity contribution in [1.29, 1.82) is 0 Å². The maximum atomic E-state index is 12.3. The first-order valence-corrected chi connectivity index (χ1v) is 9.39. The van der Waals surface area contributed by atoms with Crippen LogP contribution in [0.25, 0.3) is 0 Å². The van der Waals surface area contributed by atoms with Gasteiger partial charge in [-0.2, -0.15) is 12.6 Å². The fourth-order valence-electron chi connectivity index (χ4n) is 2.19. The normalized spacial score (nSPS) is 15.0. The molecule has 0 saturated carbocycles. The zero-order chi connectivity index (χ0) is 22.7. The molecule has 0 aliphatic rings. The maximum Gasteiger partial charge on any atom is 0.326 e. The van der Waals surface area contributed by atoms with Gasteiger partial charge in [-0.25, -0.2) is 4.79 Å². The van der Waals surface area contributed by atoms with Crippen LogP contribution < -0.4 is 21.7 Å². The van der Waals surface area contributed by atoms with Crippen LogP contribution in [0.4, 0.5) is 0 Å². The Kier molecular flexibility index (Phi) is 11.9. The summed E-state index contributed by atoms with van der Waals surface area (Å²) < 4.78 is 0. The number of carboxylic acids is 2. The molecule has 0 heterocycles. The van der Waals surface area contributed by atoms with E-state index in [-0.39, 0.29) is 18.1 Å². The van der Waals surface area contributed by atoms with Crippen molar-refractivity contribution < 1.29 is 39.3 Å². The van der Waals surface area contributed by atoms with Gasteiger partial charge in [-0.1, -0.05) is 13.8 Å². The summed E-state index contributed by atoms with van der Waals surface area (Å²) in [7, 11) is 0. The van der Waals surface area contributed by atoms with E-state index < -0.39 is 66.9 Å². The Hall–Kier alpha value is -2.38. The molecule has 8 N–H and O–H groups in total.